The van der Waals surface area contributed by atoms with Crippen LogP contribution in [0.5, 0.6) is 0 Å². The lowest BCUT2D eigenvalue weighted by Crippen LogP contribution is -1.95. The summed E-state index contributed by atoms with van der Waals surface area (Å²) in [6.45, 7) is 3.93. The van der Waals surface area contributed by atoms with Gasteiger partial charge in [0.05, 0.1) is 22.1 Å². The van der Waals surface area contributed by atoms with Gasteiger partial charge in [0.2, 0.25) is 0 Å². The first-order valence-electron chi connectivity index (χ1n) is 3.77. The summed E-state index contributed by atoms with van der Waals surface area (Å²) in [5, 5.41) is 4.28. The molecule has 3 nitrogen and oxygen atoms in total. The van der Waals surface area contributed by atoms with Gasteiger partial charge in [0.25, 0.3) is 0 Å². The number of rotatable bonds is 0. The Morgan fingerprint density at radius 2 is 2.00 bits per heavy atom. The molecule has 2 heterocycles. The molecule has 0 spiro atoms. The third-order valence-corrected chi connectivity index (χ3v) is 3.65. The summed E-state index contributed by atoms with van der Waals surface area (Å²) in [4.78, 5) is 4.36. The van der Waals surface area contributed by atoms with Crippen molar-refractivity contribution in [1.82, 2.24) is 14.6 Å². The van der Waals surface area contributed by atoms with Gasteiger partial charge in [0, 0.05) is 0 Å². The minimum absolute atomic E-state index is 0.808. The van der Waals surface area contributed by atoms with Crippen LogP contribution in [-0.2, 0) is 0 Å². The Balaban J connectivity index is 2.94. The van der Waals surface area contributed by atoms with Gasteiger partial charge >= 0.3 is 0 Å². The quantitative estimate of drug-likeness (QED) is 0.749. The van der Waals surface area contributed by atoms with Gasteiger partial charge in [0.15, 0.2) is 0 Å². The van der Waals surface area contributed by atoms with E-state index in [1.54, 1.807) is 0 Å². The molecule has 0 aliphatic carbocycles. The monoisotopic (exact) mass is 303 g/mol. The molecule has 0 fully saturated rings. The Morgan fingerprint density at radius 3 is 2.69 bits per heavy atom. The number of aromatic nitrogens is 3. The third kappa shape index (κ3) is 1.40. The molecule has 0 radical (unpaired) electrons. The van der Waals surface area contributed by atoms with Crippen LogP contribution in [0, 0.1) is 13.8 Å². The zero-order valence-electron chi connectivity index (χ0n) is 7.17. The van der Waals surface area contributed by atoms with Crippen molar-refractivity contribution in [3.63, 3.8) is 0 Å². The van der Waals surface area contributed by atoms with Gasteiger partial charge in [-0.05, 0) is 45.7 Å². The van der Waals surface area contributed by atoms with Crippen LogP contribution in [0.3, 0.4) is 0 Å². The molecule has 0 amide bonds. The first-order valence-corrected chi connectivity index (χ1v) is 5.36. The van der Waals surface area contributed by atoms with Gasteiger partial charge in [-0.15, -0.1) is 0 Å². The van der Waals surface area contributed by atoms with E-state index in [1.807, 2.05) is 24.6 Å². The van der Waals surface area contributed by atoms with Crippen LogP contribution in [0.25, 0.3) is 5.52 Å². The van der Waals surface area contributed by atoms with Crippen molar-refractivity contribution in [1.29, 1.82) is 0 Å². The topological polar surface area (TPSA) is 30.2 Å². The average Bonchev–Trinajstić information content (AvgIpc) is 2.27. The fourth-order valence-corrected chi connectivity index (χ4v) is 2.23. The van der Waals surface area contributed by atoms with Crippen molar-refractivity contribution in [3.05, 3.63) is 26.7 Å². The Kier molecular flexibility index (Phi) is 2.15. The van der Waals surface area contributed by atoms with E-state index in [2.05, 4.69) is 41.9 Å². The van der Waals surface area contributed by atoms with Crippen molar-refractivity contribution in [3.8, 4) is 0 Å². The van der Waals surface area contributed by atoms with E-state index in [0.717, 1.165) is 26.0 Å². The van der Waals surface area contributed by atoms with E-state index in [1.165, 1.54) is 0 Å². The lowest BCUT2D eigenvalue weighted by atomic mass is 10.3. The largest absolute Gasteiger partial charge is 0.255 e. The highest BCUT2D eigenvalue weighted by Crippen LogP contribution is 2.28. The summed E-state index contributed by atoms with van der Waals surface area (Å²) >= 11 is 6.82. The van der Waals surface area contributed by atoms with E-state index in [0.29, 0.717) is 0 Å². The third-order valence-electron chi connectivity index (χ3n) is 1.81. The molecule has 13 heavy (non-hydrogen) atoms. The number of hydrogen-bond acceptors (Lipinski definition) is 2. The van der Waals surface area contributed by atoms with Crippen LogP contribution in [0.4, 0.5) is 0 Å². The Hall–Kier alpha value is -0.420. The minimum Gasteiger partial charge on any atom is -0.255 e. The molecule has 0 N–H and O–H groups in total. The Bertz CT molecular complexity index is 476. The molecule has 5 heteroatoms. The summed E-state index contributed by atoms with van der Waals surface area (Å²) in [7, 11) is 0. The second kappa shape index (κ2) is 3.06. The normalized spacial score (nSPS) is 11.1. The van der Waals surface area contributed by atoms with Gasteiger partial charge < -0.3 is 0 Å². The Morgan fingerprint density at radius 1 is 1.31 bits per heavy atom. The molecule has 0 aliphatic heterocycles. The average molecular weight is 305 g/mol. The molecule has 68 valence electrons. The second-order valence-electron chi connectivity index (χ2n) is 2.87. The first-order chi connectivity index (χ1) is 6.09. The van der Waals surface area contributed by atoms with E-state index in [-0.39, 0.29) is 0 Å². The van der Waals surface area contributed by atoms with Crippen molar-refractivity contribution in [2.45, 2.75) is 13.8 Å². The standard InChI is InChI=1S/C8H7Br2N3/c1-4-3-13-7(5(2)11-4)6(9)8(10)12-13/h3H,1-2H3. The molecule has 0 saturated heterocycles. The smallest absolute Gasteiger partial charge is 0.143 e. The SMILES string of the molecule is Cc1cn2nc(Br)c(Br)c2c(C)n1. The van der Waals surface area contributed by atoms with Crippen LogP contribution in [0.15, 0.2) is 15.3 Å². The van der Waals surface area contributed by atoms with E-state index >= 15 is 0 Å². The van der Waals surface area contributed by atoms with Crippen molar-refractivity contribution < 1.29 is 0 Å². The molecular formula is C8H7Br2N3. The maximum atomic E-state index is 4.36. The number of halogens is 2. The summed E-state index contributed by atoms with van der Waals surface area (Å²) in [6, 6.07) is 0. The van der Waals surface area contributed by atoms with Crippen molar-refractivity contribution in [2.24, 2.45) is 0 Å². The van der Waals surface area contributed by atoms with Gasteiger partial charge in [-0.25, -0.2) is 4.52 Å². The predicted octanol–water partition coefficient (Wildman–Crippen LogP) is 2.87. The Labute approximate surface area is 92.4 Å². The van der Waals surface area contributed by atoms with Crippen LogP contribution >= 0.6 is 31.9 Å². The van der Waals surface area contributed by atoms with Crippen LogP contribution in [-0.4, -0.2) is 14.6 Å². The zero-order valence-corrected chi connectivity index (χ0v) is 10.3. The number of aryl methyl sites for hydroxylation is 2. The molecular weight excluding hydrogens is 298 g/mol. The van der Waals surface area contributed by atoms with Crippen molar-refractivity contribution in [2.75, 3.05) is 0 Å². The van der Waals surface area contributed by atoms with Crippen LogP contribution in [0.2, 0.25) is 0 Å². The van der Waals surface area contributed by atoms with Gasteiger partial charge in [0.1, 0.15) is 10.1 Å². The highest BCUT2D eigenvalue weighted by atomic mass is 79.9. The van der Waals surface area contributed by atoms with E-state index in [4.69, 9.17) is 0 Å². The summed E-state index contributed by atoms with van der Waals surface area (Å²) in [5.41, 5.74) is 2.95. The molecule has 0 saturated carbocycles. The summed E-state index contributed by atoms with van der Waals surface area (Å²) in [6.07, 6.45) is 1.90. The molecule has 0 aromatic carbocycles. The number of fused-ring (bicyclic) bond motifs is 1. The lowest BCUT2D eigenvalue weighted by molar-refractivity contribution is 0.905. The van der Waals surface area contributed by atoms with Gasteiger partial charge in [-0.3, -0.25) is 4.98 Å². The maximum absolute atomic E-state index is 4.36. The molecule has 0 unspecified atom stereocenters. The van der Waals surface area contributed by atoms with Crippen LogP contribution < -0.4 is 0 Å². The van der Waals surface area contributed by atoms with E-state index < -0.39 is 0 Å². The first kappa shape index (κ1) is 9.15. The highest BCUT2D eigenvalue weighted by Gasteiger charge is 2.10. The zero-order chi connectivity index (χ0) is 9.59. The van der Waals surface area contributed by atoms with E-state index in [9.17, 15) is 0 Å². The van der Waals surface area contributed by atoms with Gasteiger partial charge in [-0.2, -0.15) is 5.10 Å². The van der Waals surface area contributed by atoms with Gasteiger partial charge in [-0.1, -0.05) is 0 Å². The summed E-state index contributed by atoms with van der Waals surface area (Å²) in [5.74, 6) is 0. The molecule has 0 atom stereocenters. The van der Waals surface area contributed by atoms with Crippen molar-refractivity contribution >= 4 is 37.4 Å². The van der Waals surface area contributed by atoms with Crippen LogP contribution in [0.1, 0.15) is 11.4 Å². The highest BCUT2D eigenvalue weighted by molar-refractivity contribution is 9.13. The minimum atomic E-state index is 0.808. The number of hydrogen-bond donors (Lipinski definition) is 0. The molecule has 2 aromatic heterocycles. The fourth-order valence-electron chi connectivity index (χ4n) is 1.33. The molecule has 0 aliphatic rings. The molecule has 2 rings (SSSR count). The molecule has 2 aromatic rings. The second-order valence-corrected chi connectivity index (χ2v) is 4.41. The summed E-state index contributed by atoms with van der Waals surface area (Å²) < 4.78 is 3.59. The maximum Gasteiger partial charge on any atom is 0.143 e. The fraction of sp³-hybridized carbons (Fsp3) is 0.250. The molecule has 0 bridgehead atoms. The number of nitrogens with zero attached hydrogens (tertiary/aromatic N) is 3. The lowest BCUT2D eigenvalue weighted by Gasteiger charge is -1.99. The predicted molar refractivity (Wildman–Crippen MR) is 57.9 cm³/mol.